The summed E-state index contributed by atoms with van der Waals surface area (Å²) in [5.41, 5.74) is 0.637. The molecule has 0 aliphatic rings. The van der Waals surface area contributed by atoms with Crippen LogP contribution in [0.4, 0.5) is 5.69 Å². The molecule has 0 unspecified atom stereocenters. The van der Waals surface area contributed by atoms with E-state index in [0.29, 0.717) is 28.4 Å². The molecule has 0 fully saturated rings. The van der Waals surface area contributed by atoms with Crippen molar-refractivity contribution in [1.82, 2.24) is 4.57 Å². The minimum atomic E-state index is -0.482. The fourth-order valence-corrected chi connectivity index (χ4v) is 2.53. The highest BCUT2D eigenvalue weighted by atomic mass is 16.6. The normalized spacial score (nSPS) is 10.4. The van der Waals surface area contributed by atoms with Crippen molar-refractivity contribution in [1.29, 1.82) is 0 Å². The first-order chi connectivity index (χ1) is 12.5. The molecular weight excluding hydrogens is 336 g/mol. The third-order valence-electron chi connectivity index (χ3n) is 3.85. The Morgan fingerprint density at radius 1 is 1.00 bits per heavy atom. The number of hydrogen-bond acceptors (Lipinski definition) is 5. The van der Waals surface area contributed by atoms with Gasteiger partial charge in [0.05, 0.1) is 12.0 Å². The zero-order chi connectivity index (χ0) is 18.7. The third kappa shape index (κ3) is 3.41. The SMILES string of the molecule is COc1cc(=O)n(C)cc1-c1cc([N+](=O)[O-])ccc1Oc1ccccc1. The van der Waals surface area contributed by atoms with Crippen LogP contribution < -0.4 is 15.0 Å². The van der Waals surface area contributed by atoms with Gasteiger partial charge in [-0.15, -0.1) is 0 Å². The molecule has 0 aliphatic carbocycles. The van der Waals surface area contributed by atoms with Crippen LogP contribution in [0.2, 0.25) is 0 Å². The standard InChI is InChI=1S/C19H16N2O5/c1-20-12-16(18(25-2)11-19(20)22)15-10-13(21(23)24)8-9-17(15)26-14-6-4-3-5-7-14/h3-12H,1-2H3. The lowest BCUT2D eigenvalue weighted by molar-refractivity contribution is -0.384. The monoisotopic (exact) mass is 352 g/mol. The van der Waals surface area contributed by atoms with E-state index in [1.54, 1.807) is 25.4 Å². The fraction of sp³-hybridized carbons (Fsp3) is 0.105. The summed E-state index contributed by atoms with van der Waals surface area (Å²) in [7, 11) is 3.04. The maximum absolute atomic E-state index is 11.9. The Morgan fingerprint density at radius 2 is 1.73 bits per heavy atom. The quantitative estimate of drug-likeness (QED) is 0.516. The van der Waals surface area contributed by atoms with Gasteiger partial charge in [-0.25, -0.2) is 0 Å². The summed E-state index contributed by atoms with van der Waals surface area (Å²) >= 11 is 0. The second-order valence-corrected chi connectivity index (χ2v) is 5.56. The number of aryl methyl sites for hydroxylation is 1. The highest BCUT2D eigenvalue weighted by molar-refractivity contribution is 5.77. The van der Waals surface area contributed by atoms with Crippen molar-refractivity contribution in [3.8, 4) is 28.4 Å². The van der Waals surface area contributed by atoms with Crippen LogP contribution in [-0.2, 0) is 7.05 Å². The number of rotatable bonds is 5. The molecule has 132 valence electrons. The molecule has 7 heteroatoms. The number of nitrogens with zero attached hydrogens (tertiary/aromatic N) is 2. The Morgan fingerprint density at radius 3 is 2.38 bits per heavy atom. The number of pyridine rings is 1. The predicted octanol–water partition coefficient (Wildman–Crippen LogP) is 3.76. The largest absolute Gasteiger partial charge is 0.496 e. The topological polar surface area (TPSA) is 83.6 Å². The Balaban J connectivity index is 2.21. The van der Waals surface area contributed by atoms with Gasteiger partial charge < -0.3 is 14.0 Å². The van der Waals surface area contributed by atoms with Crippen molar-refractivity contribution in [3.05, 3.63) is 81.3 Å². The van der Waals surface area contributed by atoms with E-state index >= 15 is 0 Å². The number of ether oxygens (including phenoxy) is 2. The van der Waals surface area contributed by atoms with Crippen LogP contribution >= 0.6 is 0 Å². The van der Waals surface area contributed by atoms with Gasteiger partial charge >= 0.3 is 0 Å². The van der Waals surface area contributed by atoms with Crippen molar-refractivity contribution in [2.24, 2.45) is 7.05 Å². The second kappa shape index (κ2) is 7.10. The van der Waals surface area contributed by atoms with Gasteiger partial charge in [-0.3, -0.25) is 14.9 Å². The van der Waals surface area contributed by atoms with Crippen molar-refractivity contribution in [3.63, 3.8) is 0 Å². The van der Waals surface area contributed by atoms with E-state index in [0.717, 1.165) is 0 Å². The molecule has 1 heterocycles. The molecule has 0 spiro atoms. The molecule has 2 aromatic carbocycles. The van der Waals surface area contributed by atoms with Crippen LogP contribution in [0.15, 0.2) is 65.6 Å². The van der Waals surface area contributed by atoms with E-state index in [4.69, 9.17) is 9.47 Å². The van der Waals surface area contributed by atoms with Gasteiger partial charge in [-0.05, 0) is 18.2 Å². The lowest BCUT2D eigenvalue weighted by atomic mass is 10.0. The summed E-state index contributed by atoms with van der Waals surface area (Å²) in [6, 6.07) is 14.7. The van der Waals surface area contributed by atoms with Crippen molar-refractivity contribution in [2.45, 2.75) is 0 Å². The van der Waals surface area contributed by atoms with Crippen LogP contribution in [0, 0.1) is 10.1 Å². The van der Waals surface area contributed by atoms with E-state index in [2.05, 4.69) is 0 Å². The van der Waals surface area contributed by atoms with Gasteiger partial charge in [0, 0.05) is 42.6 Å². The molecule has 0 radical (unpaired) electrons. The second-order valence-electron chi connectivity index (χ2n) is 5.56. The Kier molecular flexibility index (Phi) is 4.70. The molecule has 0 atom stereocenters. The summed E-state index contributed by atoms with van der Waals surface area (Å²) in [4.78, 5) is 22.6. The summed E-state index contributed by atoms with van der Waals surface area (Å²) in [6.07, 6.45) is 1.57. The molecule has 1 aromatic heterocycles. The number of hydrogen-bond donors (Lipinski definition) is 0. The molecule has 0 bridgehead atoms. The molecule has 0 amide bonds. The average molecular weight is 352 g/mol. The first-order valence-corrected chi connectivity index (χ1v) is 7.76. The zero-order valence-corrected chi connectivity index (χ0v) is 14.2. The van der Waals surface area contributed by atoms with Crippen LogP contribution in [0.5, 0.6) is 17.2 Å². The average Bonchev–Trinajstić information content (AvgIpc) is 2.64. The molecule has 3 rings (SSSR count). The number of methoxy groups -OCH3 is 1. The van der Waals surface area contributed by atoms with Crippen molar-refractivity contribution >= 4 is 5.69 Å². The fourth-order valence-electron chi connectivity index (χ4n) is 2.53. The number of non-ortho nitro benzene ring substituents is 1. The van der Waals surface area contributed by atoms with E-state index in [1.807, 2.05) is 18.2 Å². The highest BCUT2D eigenvalue weighted by Crippen LogP contribution is 2.39. The molecule has 0 saturated carbocycles. The zero-order valence-electron chi connectivity index (χ0n) is 14.2. The Hall–Kier alpha value is -3.61. The molecular formula is C19H16N2O5. The predicted molar refractivity (Wildman–Crippen MR) is 96.8 cm³/mol. The van der Waals surface area contributed by atoms with Gasteiger partial charge in [0.2, 0.25) is 0 Å². The molecule has 3 aromatic rings. The maximum atomic E-state index is 11.9. The summed E-state index contributed by atoms with van der Waals surface area (Å²) < 4.78 is 12.6. The third-order valence-corrected chi connectivity index (χ3v) is 3.85. The number of benzene rings is 2. The van der Waals surface area contributed by atoms with Crippen molar-refractivity contribution in [2.75, 3.05) is 7.11 Å². The lowest BCUT2D eigenvalue weighted by Gasteiger charge is -2.14. The molecule has 7 nitrogen and oxygen atoms in total. The smallest absolute Gasteiger partial charge is 0.270 e. The Labute approximate surface area is 149 Å². The molecule has 26 heavy (non-hydrogen) atoms. The van der Waals surface area contributed by atoms with Gasteiger partial charge in [0.1, 0.15) is 17.2 Å². The molecule has 0 aliphatic heterocycles. The lowest BCUT2D eigenvalue weighted by Crippen LogP contribution is -2.15. The minimum absolute atomic E-state index is 0.0867. The molecule has 0 N–H and O–H groups in total. The van der Waals surface area contributed by atoms with Gasteiger partial charge in [0.15, 0.2) is 0 Å². The van der Waals surface area contributed by atoms with E-state index in [9.17, 15) is 14.9 Å². The minimum Gasteiger partial charge on any atom is -0.496 e. The number of aromatic nitrogens is 1. The summed E-state index contributed by atoms with van der Waals surface area (Å²) in [6.45, 7) is 0. The number of nitro benzene ring substituents is 1. The van der Waals surface area contributed by atoms with E-state index in [1.165, 1.54) is 35.9 Å². The van der Waals surface area contributed by atoms with Gasteiger partial charge in [0.25, 0.3) is 11.2 Å². The van der Waals surface area contributed by atoms with E-state index < -0.39 is 4.92 Å². The van der Waals surface area contributed by atoms with E-state index in [-0.39, 0.29) is 11.2 Å². The van der Waals surface area contributed by atoms with Crippen molar-refractivity contribution < 1.29 is 14.4 Å². The van der Waals surface area contributed by atoms with Crippen LogP contribution in [0.1, 0.15) is 0 Å². The van der Waals surface area contributed by atoms with Gasteiger partial charge in [-0.1, -0.05) is 18.2 Å². The number of nitro groups is 1. The maximum Gasteiger partial charge on any atom is 0.270 e. The highest BCUT2D eigenvalue weighted by Gasteiger charge is 2.18. The van der Waals surface area contributed by atoms with Crippen LogP contribution in [0.3, 0.4) is 0 Å². The summed E-state index contributed by atoms with van der Waals surface area (Å²) in [5, 5.41) is 11.2. The summed E-state index contributed by atoms with van der Waals surface area (Å²) in [5.74, 6) is 1.32. The molecule has 0 saturated heterocycles. The Bertz CT molecular complexity index is 1010. The first-order valence-electron chi connectivity index (χ1n) is 7.76. The first kappa shape index (κ1) is 17.2. The van der Waals surface area contributed by atoms with Crippen LogP contribution in [-0.4, -0.2) is 16.6 Å². The van der Waals surface area contributed by atoms with Crippen LogP contribution in [0.25, 0.3) is 11.1 Å². The van der Waals surface area contributed by atoms with Gasteiger partial charge in [-0.2, -0.15) is 0 Å². The number of para-hydroxylation sites is 1.